The smallest absolute Gasteiger partial charge is 0.165 e. The summed E-state index contributed by atoms with van der Waals surface area (Å²) in [5.74, 6) is 0. The summed E-state index contributed by atoms with van der Waals surface area (Å²) < 4.78 is 4.75. The molecule has 0 saturated heterocycles. The lowest BCUT2D eigenvalue weighted by atomic mass is 10.0. The molecular weight excluding hydrogens is 488 g/mol. The van der Waals surface area contributed by atoms with Gasteiger partial charge in [-0.05, 0) is 53.2 Å². The standard InChI is InChI=1S/C36H20N4/c1-2-10-22(11-3-1)39-30-18-17-21-9-4-5-12-23(21)33(30)27-20-31-26(19-32(27)39)24-13-8-14-25-34-36(40(31)35(24)25)38-29-16-7-6-15-28(29)37-34/h1-20H. The van der Waals surface area contributed by atoms with Crippen molar-refractivity contribution in [1.29, 1.82) is 0 Å². The van der Waals surface area contributed by atoms with Crippen molar-refractivity contribution < 1.29 is 0 Å². The predicted molar refractivity (Wildman–Crippen MR) is 166 cm³/mol. The van der Waals surface area contributed by atoms with Crippen LogP contribution in [0.25, 0.3) is 87.7 Å². The zero-order valence-electron chi connectivity index (χ0n) is 21.3. The number of benzene rings is 6. The van der Waals surface area contributed by atoms with Crippen LogP contribution >= 0.6 is 0 Å². The Bertz CT molecular complexity index is 2640. The fourth-order valence-corrected chi connectivity index (χ4v) is 6.94. The van der Waals surface area contributed by atoms with Crippen molar-refractivity contribution in [2.75, 3.05) is 0 Å². The maximum Gasteiger partial charge on any atom is 0.165 e. The van der Waals surface area contributed by atoms with Gasteiger partial charge in [0.2, 0.25) is 0 Å². The summed E-state index contributed by atoms with van der Waals surface area (Å²) in [4.78, 5) is 10.2. The summed E-state index contributed by atoms with van der Waals surface area (Å²) >= 11 is 0. The van der Waals surface area contributed by atoms with E-state index in [1.807, 2.05) is 24.3 Å². The van der Waals surface area contributed by atoms with E-state index < -0.39 is 0 Å². The summed E-state index contributed by atoms with van der Waals surface area (Å²) in [5.41, 5.74) is 9.65. The highest BCUT2D eigenvalue weighted by atomic mass is 15.0. The molecule has 0 unspecified atom stereocenters. The predicted octanol–water partition coefficient (Wildman–Crippen LogP) is 9.03. The van der Waals surface area contributed by atoms with Gasteiger partial charge in [0.1, 0.15) is 5.52 Å². The first-order chi connectivity index (χ1) is 19.8. The van der Waals surface area contributed by atoms with Crippen LogP contribution in [0.1, 0.15) is 0 Å². The maximum atomic E-state index is 5.16. The topological polar surface area (TPSA) is 35.1 Å². The molecule has 184 valence electrons. The largest absolute Gasteiger partial charge is 0.309 e. The lowest BCUT2D eigenvalue weighted by molar-refractivity contribution is 1.18. The van der Waals surface area contributed by atoms with Gasteiger partial charge in [-0.3, -0.25) is 4.40 Å². The van der Waals surface area contributed by atoms with E-state index in [1.54, 1.807) is 0 Å². The normalized spacial score (nSPS) is 12.5. The molecule has 4 aromatic heterocycles. The van der Waals surface area contributed by atoms with Crippen molar-refractivity contribution in [3.8, 4) is 5.69 Å². The summed E-state index contributed by atoms with van der Waals surface area (Å²) in [6.07, 6.45) is 0. The van der Waals surface area contributed by atoms with Crippen molar-refractivity contribution in [1.82, 2.24) is 18.9 Å². The number of nitrogens with zero attached hydrogens (tertiary/aromatic N) is 4. The van der Waals surface area contributed by atoms with Gasteiger partial charge in [0.05, 0.1) is 33.1 Å². The minimum Gasteiger partial charge on any atom is -0.309 e. The highest BCUT2D eigenvalue weighted by Crippen LogP contribution is 2.43. The number of fused-ring (bicyclic) bond motifs is 12. The molecule has 0 amide bonds. The molecule has 0 saturated carbocycles. The molecule has 0 radical (unpaired) electrons. The van der Waals surface area contributed by atoms with Crippen LogP contribution in [-0.4, -0.2) is 18.9 Å². The number of para-hydroxylation sites is 4. The van der Waals surface area contributed by atoms with E-state index in [1.165, 1.54) is 54.4 Å². The average Bonchev–Trinajstić information content (AvgIpc) is 3.63. The Morgan fingerprint density at radius 3 is 2.10 bits per heavy atom. The summed E-state index contributed by atoms with van der Waals surface area (Å²) in [6.45, 7) is 0. The molecule has 0 bridgehead atoms. The van der Waals surface area contributed by atoms with Crippen molar-refractivity contribution in [3.05, 3.63) is 121 Å². The first-order valence-electron chi connectivity index (χ1n) is 13.6. The maximum absolute atomic E-state index is 5.16. The van der Waals surface area contributed by atoms with Gasteiger partial charge in [-0.2, -0.15) is 0 Å². The fraction of sp³-hybridized carbons (Fsp3) is 0. The van der Waals surface area contributed by atoms with E-state index in [2.05, 4.69) is 106 Å². The summed E-state index contributed by atoms with van der Waals surface area (Å²) in [5, 5.41) is 8.64. The van der Waals surface area contributed by atoms with Crippen LogP contribution in [0.5, 0.6) is 0 Å². The minimum absolute atomic E-state index is 0.913. The lowest BCUT2D eigenvalue weighted by Crippen LogP contribution is -1.93. The fourth-order valence-electron chi connectivity index (χ4n) is 6.94. The molecule has 0 aliphatic carbocycles. The summed E-state index contributed by atoms with van der Waals surface area (Å²) in [7, 11) is 0. The molecule has 0 spiro atoms. The second-order valence-corrected chi connectivity index (χ2v) is 10.7. The van der Waals surface area contributed by atoms with Crippen LogP contribution < -0.4 is 0 Å². The number of hydrogen-bond acceptors (Lipinski definition) is 2. The van der Waals surface area contributed by atoms with Crippen LogP contribution in [0.15, 0.2) is 121 Å². The van der Waals surface area contributed by atoms with Gasteiger partial charge < -0.3 is 4.57 Å². The monoisotopic (exact) mass is 508 g/mol. The first kappa shape index (κ1) is 20.5. The van der Waals surface area contributed by atoms with E-state index in [9.17, 15) is 0 Å². The summed E-state index contributed by atoms with van der Waals surface area (Å²) in [6, 6.07) is 43.4. The van der Waals surface area contributed by atoms with Gasteiger partial charge in [-0.25, -0.2) is 9.97 Å². The van der Waals surface area contributed by atoms with Crippen LogP contribution in [-0.2, 0) is 0 Å². The van der Waals surface area contributed by atoms with Gasteiger partial charge in [0, 0.05) is 32.6 Å². The Morgan fingerprint density at radius 2 is 1.20 bits per heavy atom. The molecule has 0 fully saturated rings. The molecule has 0 atom stereocenters. The molecule has 0 aliphatic heterocycles. The van der Waals surface area contributed by atoms with E-state index in [4.69, 9.17) is 9.97 Å². The van der Waals surface area contributed by atoms with Crippen LogP contribution in [0.3, 0.4) is 0 Å². The van der Waals surface area contributed by atoms with Gasteiger partial charge in [0.25, 0.3) is 0 Å². The van der Waals surface area contributed by atoms with Gasteiger partial charge in [-0.1, -0.05) is 78.9 Å². The molecule has 10 rings (SSSR count). The Kier molecular flexibility index (Phi) is 3.65. The van der Waals surface area contributed by atoms with Gasteiger partial charge >= 0.3 is 0 Å². The van der Waals surface area contributed by atoms with Crippen molar-refractivity contribution in [3.63, 3.8) is 0 Å². The molecule has 40 heavy (non-hydrogen) atoms. The van der Waals surface area contributed by atoms with E-state index in [0.29, 0.717) is 0 Å². The van der Waals surface area contributed by atoms with Crippen molar-refractivity contribution in [2.45, 2.75) is 0 Å². The molecule has 4 heteroatoms. The third kappa shape index (κ3) is 2.42. The highest BCUT2D eigenvalue weighted by molar-refractivity contribution is 6.28. The molecule has 6 aromatic carbocycles. The van der Waals surface area contributed by atoms with Crippen molar-refractivity contribution >= 4 is 82.0 Å². The minimum atomic E-state index is 0.913. The van der Waals surface area contributed by atoms with Gasteiger partial charge in [-0.15, -0.1) is 0 Å². The molecule has 10 aromatic rings. The highest BCUT2D eigenvalue weighted by Gasteiger charge is 2.22. The number of hydrogen-bond donors (Lipinski definition) is 0. The second kappa shape index (κ2) is 7.13. The zero-order chi connectivity index (χ0) is 25.9. The number of aromatic nitrogens is 4. The van der Waals surface area contributed by atoms with Crippen LogP contribution in [0.4, 0.5) is 0 Å². The number of rotatable bonds is 1. The van der Waals surface area contributed by atoms with Crippen molar-refractivity contribution in [2.24, 2.45) is 0 Å². The molecular formula is C36H20N4. The zero-order valence-corrected chi connectivity index (χ0v) is 21.3. The van der Waals surface area contributed by atoms with E-state index >= 15 is 0 Å². The van der Waals surface area contributed by atoms with E-state index in [0.717, 1.165) is 33.3 Å². The lowest BCUT2D eigenvalue weighted by Gasteiger charge is -2.08. The Balaban J connectivity index is 1.48. The molecule has 0 N–H and O–H groups in total. The molecule has 4 nitrogen and oxygen atoms in total. The average molecular weight is 509 g/mol. The van der Waals surface area contributed by atoms with Crippen LogP contribution in [0, 0.1) is 0 Å². The quantitative estimate of drug-likeness (QED) is 0.222. The molecule has 0 aliphatic rings. The first-order valence-corrected chi connectivity index (χ1v) is 13.6. The SMILES string of the molecule is c1ccc(-n2c3cc4c5cccc6c7nc8ccccc8nc7n(c4cc3c3c4ccccc4ccc32)c56)cc1. The third-order valence-corrected chi connectivity index (χ3v) is 8.60. The second-order valence-electron chi connectivity index (χ2n) is 10.7. The Labute approximate surface area is 227 Å². The molecule has 4 heterocycles. The third-order valence-electron chi connectivity index (χ3n) is 8.60. The van der Waals surface area contributed by atoms with Gasteiger partial charge in [0.15, 0.2) is 5.65 Å². The van der Waals surface area contributed by atoms with E-state index in [-0.39, 0.29) is 0 Å². The van der Waals surface area contributed by atoms with Crippen LogP contribution in [0.2, 0.25) is 0 Å². The Hall–Kier alpha value is -5.48. The Morgan fingerprint density at radius 1 is 0.475 bits per heavy atom.